The van der Waals surface area contributed by atoms with Gasteiger partial charge in [0.2, 0.25) is 5.88 Å². The van der Waals surface area contributed by atoms with Gasteiger partial charge in [-0.2, -0.15) is 5.26 Å². The van der Waals surface area contributed by atoms with Crippen molar-refractivity contribution in [3.8, 4) is 11.9 Å². The first-order chi connectivity index (χ1) is 7.37. The molecule has 8 heteroatoms. The van der Waals surface area contributed by atoms with E-state index in [4.69, 9.17) is 11.0 Å². The highest BCUT2D eigenvalue weighted by molar-refractivity contribution is 5.54. The second-order valence-corrected chi connectivity index (χ2v) is 2.67. The highest BCUT2D eigenvalue weighted by Gasteiger charge is 2.33. The van der Waals surface area contributed by atoms with Gasteiger partial charge in [-0.1, -0.05) is 0 Å². The molecule has 1 aromatic rings. The third kappa shape index (κ3) is 2.73. The van der Waals surface area contributed by atoms with Crippen LogP contribution in [0.5, 0.6) is 5.88 Å². The number of nitrogen functional groups attached to an aromatic ring is 1. The molecule has 0 aliphatic carbocycles. The molecule has 0 saturated carbocycles. The van der Waals surface area contributed by atoms with Gasteiger partial charge in [0.15, 0.2) is 0 Å². The van der Waals surface area contributed by atoms with Crippen molar-refractivity contribution in [2.75, 3.05) is 5.73 Å². The summed E-state index contributed by atoms with van der Waals surface area (Å²) in [6, 6.07) is 2.44. The largest absolute Gasteiger partial charge is 0.574 e. The van der Waals surface area contributed by atoms with Crippen LogP contribution in [0.1, 0.15) is 11.3 Å². The fourth-order valence-corrected chi connectivity index (χ4v) is 0.938. The summed E-state index contributed by atoms with van der Waals surface area (Å²) < 4.78 is 51.4. The van der Waals surface area contributed by atoms with Crippen molar-refractivity contribution in [2.24, 2.45) is 0 Å². The van der Waals surface area contributed by atoms with Crippen molar-refractivity contribution in [2.45, 2.75) is 13.0 Å². The number of anilines is 1. The lowest BCUT2D eigenvalue weighted by molar-refractivity contribution is -0.275. The highest BCUT2D eigenvalue weighted by atomic mass is 19.4. The van der Waals surface area contributed by atoms with E-state index in [-0.39, 0.29) is 5.56 Å². The van der Waals surface area contributed by atoms with Crippen LogP contribution < -0.4 is 10.5 Å². The Morgan fingerprint density at radius 3 is 2.56 bits per heavy atom. The molecule has 0 saturated heterocycles. The van der Waals surface area contributed by atoms with Crippen molar-refractivity contribution in [3.05, 3.63) is 17.3 Å². The smallest absolute Gasteiger partial charge is 0.394 e. The lowest BCUT2D eigenvalue weighted by Crippen LogP contribution is -2.19. The topological polar surface area (TPSA) is 71.9 Å². The van der Waals surface area contributed by atoms with Crippen LogP contribution in [0.15, 0.2) is 6.07 Å². The van der Waals surface area contributed by atoms with Crippen LogP contribution in [-0.2, 0) is 6.67 Å². The third-order valence-corrected chi connectivity index (χ3v) is 1.55. The van der Waals surface area contributed by atoms with Gasteiger partial charge in [0, 0.05) is 0 Å². The highest BCUT2D eigenvalue weighted by Crippen LogP contribution is 2.28. The van der Waals surface area contributed by atoms with E-state index < -0.39 is 30.3 Å². The second kappa shape index (κ2) is 4.22. The quantitative estimate of drug-likeness (QED) is 0.794. The summed E-state index contributed by atoms with van der Waals surface area (Å²) in [6.45, 7) is -1.18. The molecule has 1 rings (SSSR count). The van der Waals surface area contributed by atoms with E-state index in [1.165, 1.54) is 0 Å². The summed E-state index contributed by atoms with van der Waals surface area (Å²) >= 11 is 0. The molecule has 0 atom stereocenters. The minimum atomic E-state index is -4.97. The molecule has 1 heterocycles. The predicted octanol–water partition coefficient (Wildman–Crippen LogP) is 1.90. The van der Waals surface area contributed by atoms with Gasteiger partial charge in [0.25, 0.3) is 0 Å². The Labute approximate surface area is 87.3 Å². The van der Waals surface area contributed by atoms with Crippen molar-refractivity contribution in [1.82, 2.24) is 4.98 Å². The van der Waals surface area contributed by atoms with Gasteiger partial charge >= 0.3 is 6.36 Å². The fourth-order valence-electron chi connectivity index (χ4n) is 0.938. The molecule has 0 amide bonds. The predicted molar refractivity (Wildman–Crippen MR) is 44.9 cm³/mol. The van der Waals surface area contributed by atoms with Crippen LogP contribution in [0.3, 0.4) is 0 Å². The minimum absolute atomic E-state index is 0.227. The Balaban J connectivity index is 3.18. The Morgan fingerprint density at radius 2 is 2.12 bits per heavy atom. The SMILES string of the molecule is N#Cc1cc(N)c(OC(F)(F)F)nc1CF. The molecule has 4 nitrogen and oxygen atoms in total. The van der Waals surface area contributed by atoms with Gasteiger partial charge in [0.1, 0.15) is 12.7 Å². The number of nitrogens with two attached hydrogens (primary N) is 1. The number of nitriles is 1. The Kier molecular flexibility index (Phi) is 3.17. The summed E-state index contributed by atoms with van der Waals surface area (Å²) in [5.41, 5.74) is 4.01. The van der Waals surface area contributed by atoms with E-state index in [9.17, 15) is 17.6 Å². The molecule has 0 aliphatic heterocycles. The summed E-state index contributed by atoms with van der Waals surface area (Å²) in [4.78, 5) is 3.18. The van der Waals surface area contributed by atoms with Gasteiger partial charge in [-0.3, -0.25) is 0 Å². The summed E-state index contributed by atoms with van der Waals surface area (Å²) in [6.07, 6.45) is -4.97. The van der Waals surface area contributed by atoms with Gasteiger partial charge in [-0.15, -0.1) is 13.2 Å². The number of hydrogen-bond acceptors (Lipinski definition) is 4. The Bertz CT molecular complexity index is 438. The van der Waals surface area contributed by atoms with E-state index in [1.807, 2.05) is 0 Å². The lowest BCUT2D eigenvalue weighted by Gasteiger charge is -2.11. The van der Waals surface area contributed by atoms with Gasteiger partial charge < -0.3 is 10.5 Å². The zero-order chi connectivity index (χ0) is 12.3. The fraction of sp³-hybridized carbons (Fsp3) is 0.250. The first-order valence-electron chi connectivity index (χ1n) is 3.88. The van der Waals surface area contributed by atoms with Gasteiger partial charge in [-0.25, -0.2) is 9.37 Å². The first kappa shape index (κ1) is 12.0. The molecule has 2 N–H and O–H groups in total. The van der Waals surface area contributed by atoms with Crippen molar-refractivity contribution in [3.63, 3.8) is 0 Å². The average Bonchev–Trinajstić information content (AvgIpc) is 2.18. The first-order valence-corrected chi connectivity index (χ1v) is 3.88. The number of rotatable bonds is 2. The molecule has 86 valence electrons. The standard InChI is InChI=1S/C8H5F4N3O/c9-2-6-4(3-13)1-5(14)7(15-6)16-8(10,11)12/h1H,2,14H2. The molecule has 0 bridgehead atoms. The average molecular weight is 235 g/mol. The molecule has 0 aromatic carbocycles. The monoisotopic (exact) mass is 235 g/mol. The van der Waals surface area contributed by atoms with Crippen molar-refractivity contribution < 1.29 is 22.3 Å². The third-order valence-electron chi connectivity index (χ3n) is 1.55. The maximum Gasteiger partial charge on any atom is 0.574 e. The molecule has 1 aromatic heterocycles. The molecule has 0 fully saturated rings. The van der Waals surface area contributed by atoms with E-state index >= 15 is 0 Å². The molecular formula is C8H5F4N3O. The zero-order valence-corrected chi connectivity index (χ0v) is 7.68. The van der Waals surface area contributed by atoms with E-state index in [2.05, 4.69) is 9.72 Å². The molecule has 0 aliphatic rings. The number of ether oxygens (including phenoxy) is 1. The molecule has 0 unspecified atom stereocenters. The maximum absolute atomic E-state index is 12.3. The summed E-state index contributed by atoms with van der Waals surface area (Å²) in [5.74, 6) is -0.959. The molecule has 0 radical (unpaired) electrons. The van der Waals surface area contributed by atoms with Crippen molar-refractivity contribution in [1.29, 1.82) is 5.26 Å². The Morgan fingerprint density at radius 1 is 1.50 bits per heavy atom. The number of hydrogen-bond donors (Lipinski definition) is 1. The normalized spacial score (nSPS) is 10.9. The number of aromatic nitrogens is 1. The summed E-state index contributed by atoms with van der Waals surface area (Å²) in [5, 5.41) is 8.52. The van der Waals surface area contributed by atoms with E-state index in [0.717, 1.165) is 6.07 Å². The molecule has 0 spiro atoms. The van der Waals surface area contributed by atoms with E-state index in [1.54, 1.807) is 6.07 Å². The second-order valence-electron chi connectivity index (χ2n) is 2.67. The van der Waals surface area contributed by atoms with Crippen LogP contribution >= 0.6 is 0 Å². The van der Waals surface area contributed by atoms with E-state index in [0.29, 0.717) is 0 Å². The van der Waals surface area contributed by atoms with Crippen LogP contribution in [0.2, 0.25) is 0 Å². The minimum Gasteiger partial charge on any atom is -0.394 e. The van der Waals surface area contributed by atoms with Crippen LogP contribution in [0, 0.1) is 11.3 Å². The number of nitrogens with zero attached hydrogens (tertiary/aromatic N) is 2. The number of alkyl halides is 4. The lowest BCUT2D eigenvalue weighted by atomic mass is 10.2. The number of halogens is 4. The molecular weight excluding hydrogens is 230 g/mol. The Hall–Kier alpha value is -2.04. The van der Waals surface area contributed by atoms with Crippen LogP contribution in [-0.4, -0.2) is 11.3 Å². The van der Waals surface area contributed by atoms with Gasteiger partial charge in [-0.05, 0) is 6.07 Å². The van der Waals surface area contributed by atoms with Crippen LogP contribution in [0.25, 0.3) is 0 Å². The zero-order valence-electron chi connectivity index (χ0n) is 7.68. The van der Waals surface area contributed by atoms with Crippen molar-refractivity contribution >= 4 is 5.69 Å². The summed E-state index contributed by atoms with van der Waals surface area (Å²) in [7, 11) is 0. The number of pyridine rings is 1. The van der Waals surface area contributed by atoms with Crippen LogP contribution in [0.4, 0.5) is 23.2 Å². The maximum atomic E-state index is 12.3. The molecule has 16 heavy (non-hydrogen) atoms. The van der Waals surface area contributed by atoms with Gasteiger partial charge in [0.05, 0.1) is 16.9 Å².